The van der Waals surface area contributed by atoms with Crippen molar-refractivity contribution in [1.82, 2.24) is 0 Å². The topological polar surface area (TPSA) is 28.0 Å². The van der Waals surface area contributed by atoms with Crippen molar-refractivity contribution in [2.24, 2.45) is 10.2 Å². The van der Waals surface area contributed by atoms with Gasteiger partial charge < -0.3 is 4.90 Å². The van der Waals surface area contributed by atoms with Gasteiger partial charge in [0.2, 0.25) is 0 Å². The van der Waals surface area contributed by atoms with Gasteiger partial charge in [-0.05, 0) is 74.5 Å². The van der Waals surface area contributed by atoms with Crippen LogP contribution < -0.4 is 4.90 Å². The Kier molecular flexibility index (Phi) is 4.88. The van der Waals surface area contributed by atoms with E-state index in [9.17, 15) is 0 Å². The van der Waals surface area contributed by atoms with E-state index < -0.39 is 0 Å². The summed E-state index contributed by atoms with van der Waals surface area (Å²) >= 11 is 0. The van der Waals surface area contributed by atoms with Crippen LogP contribution in [0.4, 0.5) is 17.1 Å². The Bertz CT molecular complexity index is 642. The average Bonchev–Trinajstić information content (AvgIpc) is 2.51. The summed E-state index contributed by atoms with van der Waals surface area (Å²) in [6, 6.07) is 14.1. The predicted octanol–water partition coefficient (Wildman–Crippen LogP) is 5.69. The van der Waals surface area contributed by atoms with Crippen LogP contribution in [0.2, 0.25) is 0 Å². The zero-order chi connectivity index (χ0) is 15.2. The molecular weight excluding hydrogens is 258 g/mol. The van der Waals surface area contributed by atoms with Crippen molar-refractivity contribution in [2.45, 2.75) is 20.8 Å². The third kappa shape index (κ3) is 3.78. The lowest BCUT2D eigenvalue weighted by Crippen LogP contribution is -2.13. The highest BCUT2D eigenvalue weighted by molar-refractivity contribution is 5.54. The van der Waals surface area contributed by atoms with E-state index in [4.69, 9.17) is 0 Å². The minimum Gasteiger partial charge on any atom is -0.349 e. The van der Waals surface area contributed by atoms with Gasteiger partial charge in [-0.1, -0.05) is 12.6 Å². The first-order valence-electron chi connectivity index (χ1n) is 7.12. The fraction of sp³-hybridized carbons (Fsp3) is 0.222. The van der Waals surface area contributed by atoms with Crippen molar-refractivity contribution >= 4 is 17.1 Å². The summed E-state index contributed by atoms with van der Waals surface area (Å²) in [6.07, 6.45) is 1.83. The van der Waals surface area contributed by atoms with E-state index in [1.807, 2.05) is 42.6 Å². The molecule has 0 aliphatic rings. The number of aryl methyl sites for hydroxylation is 2. The molecule has 3 nitrogen and oxygen atoms in total. The largest absolute Gasteiger partial charge is 0.349 e. The third-order valence-electron chi connectivity index (χ3n) is 3.51. The normalized spacial score (nSPS) is 10.8. The summed E-state index contributed by atoms with van der Waals surface area (Å²) in [6.45, 7) is 11.0. The monoisotopic (exact) mass is 279 g/mol. The molecule has 2 aromatic rings. The van der Waals surface area contributed by atoms with E-state index >= 15 is 0 Å². The molecule has 0 fully saturated rings. The van der Waals surface area contributed by atoms with Gasteiger partial charge in [-0.15, -0.1) is 0 Å². The molecule has 0 saturated heterocycles. The summed E-state index contributed by atoms with van der Waals surface area (Å²) < 4.78 is 0. The molecule has 0 atom stereocenters. The van der Waals surface area contributed by atoms with E-state index in [0.717, 1.165) is 23.6 Å². The molecule has 0 aromatic heterocycles. The summed E-state index contributed by atoms with van der Waals surface area (Å²) in [5.41, 5.74) is 5.33. The first kappa shape index (κ1) is 15.0. The summed E-state index contributed by atoms with van der Waals surface area (Å²) in [7, 11) is 0. The molecule has 0 aliphatic heterocycles. The van der Waals surface area contributed by atoms with Crippen LogP contribution in [0.1, 0.15) is 18.1 Å². The van der Waals surface area contributed by atoms with Crippen molar-refractivity contribution < 1.29 is 0 Å². The van der Waals surface area contributed by atoms with E-state index in [0.29, 0.717) is 0 Å². The van der Waals surface area contributed by atoms with Crippen LogP contribution in [0.3, 0.4) is 0 Å². The minimum absolute atomic E-state index is 0.845. The second-order valence-corrected chi connectivity index (χ2v) is 4.95. The first-order valence-corrected chi connectivity index (χ1v) is 7.12. The molecule has 0 saturated carbocycles. The molecule has 0 bridgehead atoms. The van der Waals surface area contributed by atoms with Crippen LogP contribution >= 0.6 is 0 Å². The Morgan fingerprint density at radius 3 is 2.14 bits per heavy atom. The van der Waals surface area contributed by atoms with Crippen LogP contribution in [0.5, 0.6) is 0 Å². The van der Waals surface area contributed by atoms with E-state index in [1.54, 1.807) is 0 Å². The maximum Gasteiger partial charge on any atom is 0.0859 e. The van der Waals surface area contributed by atoms with Crippen LogP contribution in [0.15, 0.2) is 65.5 Å². The Morgan fingerprint density at radius 2 is 1.57 bits per heavy atom. The number of hydrogen-bond donors (Lipinski definition) is 0. The number of anilines is 1. The Labute approximate surface area is 126 Å². The van der Waals surface area contributed by atoms with Crippen LogP contribution in [-0.4, -0.2) is 6.54 Å². The number of nitrogens with zero attached hydrogens (tertiary/aromatic N) is 3. The molecular formula is C18H21N3. The summed E-state index contributed by atoms with van der Waals surface area (Å²) in [5, 5.41) is 8.56. The van der Waals surface area contributed by atoms with Crippen LogP contribution in [0.25, 0.3) is 0 Å². The fourth-order valence-corrected chi connectivity index (χ4v) is 2.03. The fourth-order valence-electron chi connectivity index (χ4n) is 2.03. The lowest BCUT2D eigenvalue weighted by atomic mass is 10.1. The lowest BCUT2D eigenvalue weighted by molar-refractivity contribution is 1.02. The zero-order valence-corrected chi connectivity index (χ0v) is 12.9. The minimum atomic E-state index is 0.845. The van der Waals surface area contributed by atoms with Gasteiger partial charge in [-0.25, -0.2) is 0 Å². The standard InChI is InChI=1S/C18H21N3/c1-5-21(6-2)18-11-9-16(10-12-18)19-20-17-8-7-14(3)15(4)13-17/h5,7-13H,1,6H2,2-4H3. The number of azo groups is 1. The van der Waals surface area contributed by atoms with Gasteiger partial charge in [0, 0.05) is 12.2 Å². The first-order chi connectivity index (χ1) is 10.1. The third-order valence-corrected chi connectivity index (χ3v) is 3.51. The summed E-state index contributed by atoms with van der Waals surface area (Å²) in [5.74, 6) is 0. The average molecular weight is 279 g/mol. The maximum atomic E-state index is 4.28. The maximum absolute atomic E-state index is 4.28. The molecule has 0 N–H and O–H groups in total. The Balaban J connectivity index is 2.14. The quantitative estimate of drug-likeness (QED) is 0.646. The Hall–Kier alpha value is -2.42. The van der Waals surface area contributed by atoms with Gasteiger partial charge in [-0.2, -0.15) is 10.2 Å². The van der Waals surface area contributed by atoms with E-state index in [2.05, 4.69) is 48.5 Å². The van der Waals surface area contributed by atoms with Gasteiger partial charge in [0.15, 0.2) is 0 Å². The second-order valence-electron chi connectivity index (χ2n) is 4.95. The van der Waals surface area contributed by atoms with Crippen molar-refractivity contribution in [3.8, 4) is 0 Å². The molecule has 0 radical (unpaired) electrons. The van der Waals surface area contributed by atoms with Gasteiger partial charge >= 0.3 is 0 Å². The number of rotatable bonds is 5. The number of hydrogen-bond acceptors (Lipinski definition) is 3. The molecule has 0 unspecified atom stereocenters. The molecule has 0 amide bonds. The molecule has 108 valence electrons. The molecule has 0 aliphatic carbocycles. The Morgan fingerprint density at radius 1 is 0.952 bits per heavy atom. The van der Waals surface area contributed by atoms with Crippen molar-refractivity contribution in [3.63, 3.8) is 0 Å². The SMILES string of the molecule is C=CN(CC)c1ccc(N=Nc2ccc(C)c(C)c2)cc1. The van der Waals surface area contributed by atoms with E-state index in [-0.39, 0.29) is 0 Å². The molecule has 2 aromatic carbocycles. The highest BCUT2D eigenvalue weighted by atomic mass is 15.1. The van der Waals surface area contributed by atoms with Crippen molar-refractivity contribution in [3.05, 3.63) is 66.4 Å². The van der Waals surface area contributed by atoms with Gasteiger partial charge in [0.05, 0.1) is 11.4 Å². The molecule has 21 heavy (non-hydrogen) atoms. The highest BCUT2D eigenvalue weighted by Gasteiger charge is 1.99. The summed E-state index contributed by atoms with van der Waals surface area (Å²) in [4.78, 5) is 2.07. The molecule has 0 spiro atoms. The number of benzene rings is 2. The molecule has 2 rings (SSSR count). The second kappa shape index (κ2) is 6.84. The zero-order valence-electron chi connectivity index (χ0n) is 12.9. The predicted molar refractivity (Wildman–Crippen MR) is 89.8 cm³/mol. The van der Waals surface area contributed by atoms with Gasteiger partial charge in [-0.3, -0.25) is 0 Å². The highest BCUT2D eigenvalue weighted by Crippen LogP contribution is 2.23. The van der Waals surface area contributed by atoms with Crippen LogP contribution in [0, 0.1) is 13.8 Å². The smallest absolute Gasteiger partial charge is 0.0859 e. The van der Waals surface area contributed by atoms with E-state index in [1.165, 1.54) is 11.1 Å². The van der Waals surface area contributed by atoms with Crippen molar-refractivity contribution in [1.29, 1.82) is 0 Å². The van der Waals surface area contributed by atoms with Crippen LogP contribution in [-0.2, 0) is 0 Å². The molecule has 0 heterocycles. The van der Waals surface area contributed by atoms with Crippen molar-refractivity contribution in [2.75, 3.05) is 11.4 Å². The van der Waals surface area contributed by atoms with Gasteiger partial charge in [0.1, 0.15) is 0 Å². The van der Waals surface area contributed by atoms with Gasteiger partial charge in [0.25, 0.3) is 0 Å². The lowest BCUT2D eigenvalue weighted by Gasteiger charge is -2.17. The molecule has 3 heteroatoms.